The van der Waals surface area contributed by atoms with E-state index in [2.05, 4.69) is 6.92 Å². The molecule has 2 aromatic carbocycles. The van der Waals surface area contributed by atoms with Crippen molar-refractivity contribution in [3.8, 4) is 5.75 Å². The third-order valence-corrected chi connectivity index (χ3v) is 9.19. The van der Waals surface area contributed by atoms with Crippen molar-refractivity contribution in [3.63, 3.8) is 0 Å². The number of halogens is 2. The zero-order valence-electron chi connectivity index (χ0n) is 24.6. The average molecular weight is 513 g/mol. The van der Waals surface area contributed by atoms with E-state index in [1.54, 1.807) is 12.1 Å². The summed E-state index contributed by atoms with van der Waals surface area (Å²) in [5.74, 6) is 3.41. The maximum atomic E-state index is 15.5. The van der Waals surface area contributed by atoms with E-state index in [1.807, 2.05) is 60.6 Å². The van der Waals surface area contributed by atoms with E-state index in [-0.39, 0.29) is 11.3 Å². The van der Waals surface area contributed by atoms with Crippen LogP contribution in [0.15, 0.2) is 24.3 Å². The summed E-state index contributed by atoms with van der Waals surface area (Å²) in [5, 5.41) is 0. The molecule has 2 fully saturated rings. The number of rotatable bonds is 6. The summed E-state index contributed by atoms with van der Waals surface area (Å²) < 4.78 is 36.3. The summed E-state index contributed by atoms with van der Waals surface area (Å²) in [4.78, 5) is 0. The van der Waals surface area contributed by atoms with Crippen LogP contribution in [-0.4, -0.2) is 0 Å². The summed E-state index contributed by atoms with van der Waals surface area (Å²) in [6.07, 6.45) is 7.96. The molecule has 0 unspecified atom stereocenters. The zero-order chi connectivity index (χ0) is 27.3. The molecule has 1 nitrogen and oxygen atoms in total. The minimum absolute atomic E-state index is 0.0162. The van der Waals surface area contributed by atoms with Crippen molar-refractivity contribution in [2.45, 2.75) is 125 Å². The number of alkyl halides is 2. The molecule has 0 atom stereocenters. The lowest BCUT2D eigenvalue weighted by atomic mass is 9.68. The van der Waals surface area contributed by atoms with E-state index in [0.717, 1.165) is 40.9 Å². The highest BCUT2D eigenvalue weighted by atomic mass is 19.3. The van der Waals surface area contributed by atoms with Gasteiger partial charge < -0.3 is 4.74 Å². The molecule has 2 saturated carbocycles. The van der Waals surface area contributed by atoms with E-state index in [0.29, 0.717) is 17.0 Å². The van der Waals surface area contributed by atoms with Gasteiger partial charge in [0, 0.05) is 0 Å². The summed E-state index contributed by atoms with van der Waals surface area (Å²) in [5.41, 5.74) is 5.70. The third kappa shape index (κ3) is 6.95. The third-order valence-electron chi connectivity index (χ3n) is 9.19. The predicted octanol–water partition coefficient (Wildman–Crippen LogP) is 10.7. The second-order valence-electron chi connectivity index (χ2n) is 11.7. The first kappa shape index (κ1) is 29.7. The fraction of sp³-hybridized carbons (Fsp3) is 0.647. The molecule has 0 N–H and O–H groups in total. The molecule has 0 heterocycles. The predicted molar refractivity (Wildman–Crippen MR) is 153 cm³/mol. The van der Waals surface area contributed by atoms with Gasteiger partial charge in [0.2, 0.25) is 0 Å². The van der Waals surface area contributed by atoms with Gasteiger partial charge >= 0.3 is 6.11 Å². The molecule has 4 rings (SSSR count). The van der Waals surface area contributed by atoms with Crippen molar-refractivity contribution >= 4 is 0 Å². The maximum Gasteiger partial charge on any atom is 0.427 e. The molecule has 0 saturated heterocycles. The van der Waals surface area contributed by atoms with Gasteiger partial charge in [0.15, 0.2) is 0 Å². The van der Waals surface area contributed by atoms with Gasteiger partial charge in [0.1, 0.15) is 5.75 Å². The smallest absolute Gasteiger partial charge is 0.427 e. The Morgan fingerprint density at radius 3 is 1.78 bits per heavy atom. The van der Waals surface area contributed by atoms with Crippen LogP contribution in [0.1, 0.15) is 124 Å². The Balaban J connectivity index is 0.00000186. The molecule has 2 aliphatic carbocycles. The molecule has 206 valence electrons. The van der Waals surface area contributed by atoms with Gasteiger partial charge in [-0.1, -0.05) is 52.7 Å². The molecular weight excluding hydrogens is 462 g/mol. The van der Waals surface area contributed by atoms with E-state index >= 15 is 8.78 Å². The molecule has 37 heavy (non-hydrogen) atoms. The second kappa shape index (κ2) is 12.8. The molecular formula is C34H50F2O. The minimum atomic E-state index is -3.37. The van der Waals surface area contributed by atoms with E-state index in [1.165, 1.54) is 56.9 Å². The first-order valence-corrected chi connectivity index (χ1v) is 14.9. The normalized spacial score (nSPS) is 24.3. The molecule has 0 aromatic heterocycles. The van der Waals surface area contributed by atoms with Crippen LogP contribution in [0, 0.1) is 45.4 Å². The van der Waals surface area contributed by atoms with Crippen LogP contribution in [0.5, 0.6) is 5.75 Å². The zero-order valence-corrected chi connectivity index (χ0v) is 24.6. The lowest BCUT2D eigenvalue weighted by Crippen LogP contribution is -2.26. The number of ether oxygens (including phenoxy) is 1. The first-order chi connectivity index (χ1) is 17.6. The summed E-state index contributed by atoms with van der Waals surface area (Å²) >= 11 is 0. The molecule has 0 bridgehead atoms. The minimum Gasteiger partial charge on any atom is -0.429 e. The van der Waals surface area contributed by atoms with Crippen LogP contribution >= 0.6 is 0 Å². The number of hydrogen-bond acceptors (Lipinski definition) is 1. The molecule has 2 aliphatic rings. The lowest BCUT2D eigenvalue weighted by Gasteiger charge is -2.37. The second-order valence-corrected chi connectivity index (χ2v) is 11.7. The first-order valence-electron chi connectivity index (χ1n) is 14.9. The van der Waals surface area contributed by atoms with Gasteiger partial charge in [-0.3, -0.25) is 0 Å². The van der Waals surface area contributed by atoms with E-state index in [4.69, 9.17) is 4.74 Å². The van der Waals surface area contributed by atoms with Crippen molar-refractivity contribution < 1.29 is 13.5 Å². The van der Waals surface area contributed by atoms with E-state index in [9.17, 15) is 0 Å². The molecule has 0 spiro atoms. The Kier molecular flexibility index (Phi) is 10.2. The highest BCUT2D eigenvalue weighted by Gasteiger charge is 2.39. The van der Waals surface area contributed by atoms with E-state index < -0.39 is 6.11 Å². The van der Waals surface area contributed by atoms with Crippen molar-refractivity contribution in [1.29, 1.82) is 0 Å². The van der Waals surface area contributed by atoms with Crippen LogP contribution in [-0.2, 0) is 12.5 Å². The Morgan fingerprint density at radius 1 is 0.757 bits per heavy atom. The van der Waals surface area contributed by atoms with Gasteiger partial charge in [-0.2, -0.15) is 8.78 Å². The molecule has 3 heteroatoms. The van der Waals surface area contributed by atoms with Crippen LogP contribution in [0.25, 0.3) is 0 Å². The Hall–Kier alpha value is -1.90. The molecule has 0 amide bonds. The van der Waals surface area contributed by atoms with Crippen molar-refractivity contribution in [1.82, 2.24) is 0 Å². The fourth-order valence-corrected chi connectivity index (χ4v) is 6.89. The summed E-state index contributed by atoms with van der Waals surface area (Å²) in [6, 6.07) is 7.50. The Labute approximate surface area is 225 Å². The average Bonchev–Trinajstić information content (AvgIpc) is 2.87. The SMILES string of the molecule is CC.CCc1cc(OC(F)(F)c2c(C)cc(C3CCC(C4CCC(C)CC4)CC3)cc2C)cc(C)c1C. The van der Waals surface area contributed by atoms with Crippen LogP contribution in [0.2, 0.25) is 0 Å². The summed E-state index contributed by atoms with van der Waals surface area (Å²) in [6.45, 7) is 16.0. The van der Waals surface area contributed by atoms with Gasteiger partial charge in [0.25, 0.3) is 0 Å². The van der Waals surface area contributed by atoms with Crippen LogP contribution in [0.3, 0.4) is 0 Å². The number of benzene rings is 2. The maximum absolute atomic E-state index is 15.5. The fourth-order valence-electron chi connectivity index (χ4n) is 6.89. The Bertz CT molecular complexity index is 1000. The number of hydrogen-bond donors (Lipinski definition) is 0. The Morgan fingerprint density at radius 2 is 1.27 bits per heavy atom. The van der Waals surface area contributed by atoms with Crippen molar-refractivity contribution in [2.24, 2.45) is 17.8 Å². The highest BCUT2D eigenvalue weighted by molar-refractivity contribution is 5.44. The topological polar surface area (TPSA) is 9.23 Å². The van der Waals surface area contributed by atoms with Gasteiger partial charge in [0.05, 0.1) is 5.56 Å². The number of aryl methyl sites for hydroxylation is 4. The van der Waals surface area contributed by atoms with Gasteiger partial charge in [-0.25, -0.2) is 0 Å². The monoisotopic (exact) mass is 512 g/mol. The van der Waals surface area contributed by atoms with Crippen molar-refractivity contribution in [2.75, 3.05) is 0 Å². The lowest BCUT2D eigenvalue weighted by molar-refractivity contribution is -0.186. The molecule has 2 aromatic rings. The van der Waals surface area contributed by atoms with Crippen molar-refractivity contribution in [3.05, 3.63) is 63.2 Å². The van der Waals surface area contributed by atoms with Gasteiger partial charge in [-0.15, -0.1) is 0 Å². The van der Waals surface area contributed by atoms with Crippen LogP contribution in [0.4, 0.5) is 8.78 Å². The molecule has 0 aliphatic heterocycles. The summed E-state index contributed by atoms with van der Waals surface area (Å²) in [7, 11) is 0. The quantitative estimate of drug-likeness (QED) is 0.374. The molecule has 0 radical (unpaired) electrons. The van der Waals surface area contributed by atoms with Crippen LogP contribution < -0.4 is 4.74 Å². The highest BCUT2D eigenvalue weighted by Crippen LogP contribution is 2.45. The standard InChI is InChI=1S/C32H44F2O.C2H6/c1-7-25-19-30(18-21(3)24(25)6)35-32(33,34)31-22(4)16-29(17-23(31)5)28-14-12-27(13-15-28)26-10-8-20(2)9-11-26;1-2/h16-20,26-28H,7-15H2,1-6H3;1-2H3. The largest absolute Gasteiger partial charge is 0.429 e. The van der Waals surface area contributed by atoms with Gasteiger partial charge in [-0.05, 0) is 142 Å².